The maximum absolute atomic E-state index is 12.5. The summed E-state index contributed by atoms with van der Waals surface area (Å²) < 4.78 is 0. The molecular formula is C24H31N3O2. The van der Waals surface area contributed by atoms with E-state index in [0.717, 1.165) is 29.7 Å². The maximum Gasteiger partial charge on any atom is 0.239 e. The Labute approximate surface area is 172 Å². The number of benzene rings is 1. The molecule has 0 atom stereocenters. The lowest BCUT2D eigenvalue weighted by molar-refractivity contribution is -0.131. The third-order valence-electron chi connectivity index (χ3n) is 7.54. The molecule has 4 bridgehead atoms. The van der Waals surface area contributed by atoms with Crippen LogP contribution in [0, 0.1) is 23.2 Å². The minimum absolute atomic E-state index is 0.0544. The molecule has 5 nitrogen and oxygen atoms in total. The number of para-hydroxylation sites is 1. The van der Waals surface area contributed by atoms with Crippen molar-refractivity contribution in [3.05, 3.63) is 36.0 Å². The number of rotatable bonds is 7. The Hall–Kier alpha value is -2.30. The van der Waals surface area contributed by atoms with E-state index >= 15 is 0 Å². The van der Waals surface area contributed by atoms with Crippen molar-refractivity contribution in [1.82, 2.24) is 15.6 Å². The first-order chi connectivity index (χ1) is 14.1. The highest BCUT2D eigenvalue weighted by Gasteiger charge is 2.51. The molecule has 1 aromatic carbocycles. The minimum atomic E-state index is -0.108. The molecule has 2 aromatic rings. The molecule has 4 aliphatic carbocycles. The largest absolute Gasteiger partial charge is 0.361 e. The van der Waals surface area contributed by atoms with E-state index < -0.39 is 0 Å². The van der Waals surface area contributed by atoms with Crippen LogP contribution >= 0.6 is 0 Å². The monoisotopic (exact) mass is 393 g/mol. The number of amides is 2. The standard InChI is InChI=1S/C24H31N3O2/c28-22(13-24-10-16-7-17(11-24)9-18(8-16)12-24)27-15-23(29)25-6-5-19-14-26-21-4-2-1-3-20(19)21/h1-4,14,16-18,26H,5-13,15H2,(H,25,29)(H,27,28). The van der Waals surface area contributed by atoms with Crippen molar-refractivity contribution in [1.29, 1.82) is 0 Å². The first kappa shape index (κ1) is 18.7. The number of H-pyrrole nitrogens is 1. The predicted octanol–water partition coefficient (Wildman–Crippen LogP) is 3.55. The van der Waals surface area contributed by atoms with E-state index in [1.165, 1.54) is 49.5 Å². The van der Waals surface area contributed by atoms with Crippen molar-refractivity contribution in [3.8, 4) is 0 Å². The molecule has 0 saturated heterocycles. The molecule has 2 amide bonds. The number of aromatic nitrogens is 1. The summed E-state index contributed by atoms with van der Waals surface area (Å²) in [5.41, 5.74) is 2.54. The molecule has 0 spiro atoms. The zero-order chi connectivity index (χ0) is 19.8. The van der Waals surface area contributed by atoms with Gasteiger partial charge in [-0.1, -0.05) is 18.2 Å². The first-order valence-electron chi connectivity index (χ1n) is 11.2. The summed E-state index contributed by atoms with van der Waals surface area (Å²) in [6.45, 7) is 0.657. The van der Waals surface area contributed by atoms with E-state index in [4.69, 9.17) is 0 Å². The molecular weight excluding hydrogens is 362 g/mol. The predicted molar refractivity (Wildman–Crippen MR) is 113 cm³/mol. The molecule has 4 fully saturated rings. The van der Waals surface area contributed by atoms with Gasteiger partial charge in [-0.3, -0.25) is 9.59 Å². The van der Waals surface area contributed by atoms with Crippen LogP contribution in [0.3, 0.4) is 0 Å². The van der Waals surface area contributed by atoms with Gasteiger partial charge in [0.1, 0.15) is 0 Å². The van der Waals surface area contributed by atoms with E-state index in [0.29, 0.717) is 13.0 Å². The van der Waals surface area contributed by atoms with Crippen LogP contribution in [-0.2, 0) is 16.0 Å². The van der Waals surface area contributed by atoms with Crippen LogP contribution in [0.2, 0.25) is 0 Å². The molecule has 4 saturated carbocycles. The van der Waals surface area contributed by atoms with Gasteiger partial charge in [-0.15, -0.1) is 0 Å². The number of carbonyl (C=O) groups is 2. The average molecular weight is 394 g/mol. The molecule has 0 radical (unpaired) electrons. The zero-order valence-electron chi connectivity index (χ0n) is 17.0. The third kappa shape index (κ3) is 3.92. The van der Waals surface area contributed by atoms with Gasteiger partial charge in [-0.2, -0.15) is 0 Å². The summed E-state index contributed by atoms with van der Waals surface area (Å²) in [5, 5.41) is 7.01. The second-order valence-electron chi connectivity index (χ2n) is 9.83. The first-order valence-corrected chi connectivity index (χ1v) is 11.2. The van der Waals surface area contributed by atoms with Crippen LogP contribution in [0.1, 0.15) is 50.5 Å². The number of nitrogens with one attached hydrogen (secondary N) is 3. The lowest BCUT2D eigenvalue weighted by Gasteiger charge is -2.56. The molecule has 6 rings (SSSR count). The van der Waals surface area contributed by atoms with Gasteiger partial charge in [0.2, 0.25) is 11.8 Å². The van der Waals surface area contributed by atoms with Crippen molar-refractivity contribution >= 4 is 22.7 Å². The minimum Gasteiger partial charge on any atom is -0.361 e. The van der Waals surface area contributed by atoms with E-state index in [9.17, 15) is 9.59 Å². The van der Waals surface area contributed by atoms with Crippen molar-refractivity contribution in [3.63, 3.8) is 0 Å². The Kier molecular flexibility index (Phi) is 4.84. The highest BCUT2D eigenvalue weighted by Crippen LogP contribution is 2.61. The van der Waals surface area contributed by atoms with E-state index in [1.807, 2.05) is 18.3 Å². The van der Waals surface area contributed by atoms with Gasteiger partial charge in [0.15, 0.2) is 0 Å². The third-order valence-corrected chi connectivity index (χ3v) is 7.54. The van der Waals surface area contributed by atoms with Crippen LogP contribution in [0.25, 0.3) is 10.9 Å². The molecule has 154 valence electrons. The van der Waals surface area contributed by atoms with Crippen LogP contribution in [0.15, 0.2) is 30.5 Å². The van der Waals surface area contributed by atoms with Gasteiger partial charge in [0, 0.05) is 30.1 Å². The van der Waals surface area contributed by atoms with Crippen molar-refractivity contribution < 1.29 is 9.59 Å². The molecule has 3 N–H and O–H groups in total. The Balaban J connectivity index is 1.06. The highest BCUT2D eigenvalue weighted by molar-refractivity contribution is 5.85. The maximum atomic E-state index is 12.5. The van der Waals surface area contributed by atoms with Crippen molar-refractivity contribution in [2.75, 3.05) is 13.1 Å². The fourth-order valence-electron chi connectivity index (χ4n) is 6.83. The molecule has 0 unspecified atom stereocenters. The van der Waals surface area contributed by atoms with E-state index in [-0.39, 0.29) is 23.8 Å². The smallest absolute Gasteiger partial charge is 0.239 e. The van der Waals surface area contributed by atoms with E-state index in [2.05, 4.69) is 27.8 Å². The van der Waals surface area contributed by atoms with Crippen LogP contribution in [0.5, 0.6) is 0 Å². The molecule has 4 aliphatic rings. The molecule has 1 aromatic heterocycles. The number of carbonyl (C=O) groups excluding carboxylic acids is 2. The van der Waals surface area contributed by atoms with E-state index in [1.54, 1.807) is 0 Å². The van der Waals surface area contributed by atoms with Gasteiger partial charge in [-0.05, 0) is 79.7 Å². The van der Waals surface area contributed by atoms with Gasteiger partial charge in [-0.25, -0.2) is 0 Å². The van der Waals surface area contributed by atoms with Gasteiger partial charge in [0.25, 0.3) is 0 Å². The topological polar surface area (TPSA) is 74.0 Å². The molecule has 1 heterocycles. The number of fused-ring (bicyclic) bond motifs is 1. The summed E-state index contributed by atoms with van der Waals surface area (Å²) in [5.74, 6) is 2.49. The Morgan fingerprint density at radius 2 is 1.66 bits per heavy atom. The second kappa shape index (κ2) is 7.51. The quantitative estimate of drug-likeness (QED) is 0.673. The van der Waals surface area contributed by atoms with Gasteiger partial charge < -0.3 is 15.6 Å². The normalized spacial score (nSPS) is 29.9. The summed E-state index contributed by atoms with van der Waals surface area (Å²) in [6.07, 6.45) is 11.2. The summed E-state index contributed by atoms with van der Waals surface area (Å²) >= 11 is 0. The SMILES string of the molecule is O=C(CNC(=O)CC12CC3CC(CC(C3)C1)C2)NCCc1c[nH]c2ccccc12. The average Bonchev–Trinajstić information content (AvgIpc) is 3.08. The summed E-state index contributed by atoms with van der Waals surface area (Å²) in [7, 11) is 0. The van der Waals surface area contributed by atoms with Crippen molar-refractivity contribution in [2.45, 2.75) is 51.4 Å². The molecule has 29 heavy (non-hydrogen) atoms. The van der Waals surface area contributed by atoms with Crippen LogP contribution in [0.4, 0.5) is 0 Å². The number of hydrogen-bond acceptors (Lipinski definition) is 2. The second-order valence-corrected chi connectivity index (χ2v) is 9.83. The Morgan fingerprint density at radius 1 is 0.966 bits per heavy atom. The molecule has 5 heteroatoms. The van der Waals surface area contributed by atoms with Crippen molar-refractivity contribution in [2.24, 2.45) is 23.2 Å². The number of hydrogen-bond donors (Lipinski definition) is 3. The highest BCUT2D eigenvalue weighted by atomic mass is 16.2. The lowest BCUT2D eigenvalue weighted by atomic mass is 9.49. The molecule has 0 aliphatic heterocycles. The van der Waals surface area contributed by atoms with Gasteiger partial charge >= 0.3 is 0 Å². The summed E-state index contributed by atoms with van der Waals surface area (Å²) in [6, 6.07) is 8.18. The zero-order valence-corrected chi connectivity index (χ0v) is 17.0. The summed E-state index contributed by atoms with van der Waals surface area (Å²) in [4.78, 5) is 28.0. The Morgan fingerprint density at radius 3 is 2.38 bits per heavy atom. The fourth-order valence-corrected chi connectivity index (χ4v) is 6.83. The number of aromatic amines is 1. The van der Waals surface area contributed by atoms with Crippen LogP contribution < -0.4 is 10.6 Å². The van der Waals surface area contributed by atoms with Crippen LogP contribution in [-0.4, -0.2) is 29.9 Å². The lowest BCUT2D eigenvalue weighted by Crippen LogP contribution is -2.48. The van der Waals surface area contributed by atoms with Gasteiger partial charge in [0.05, 0.1) is 6.54 Å². The fraction of sp³-hybridized carbons (Fsp3) is 0.583. The Bertz CT molecular complexity index is 880.